The SMILES string of the molecule is CC(C)OC(=O)[C@H](C)NP(=O)(OC[C@@]1(C(F)F)O[C@@H](N2C=CC(=O)CC2=O)[C@@H](F)[C@@H]1O)Oc1ccccc1. The van der Waals surface area contributed by atoms with Crippen LogP contribution in [0.2, 0.25) is 0 Å². The largest absolute Gasteiger partial charge is 0.462 e. The van der Waals surface area contributed by atoms with E-state index < -0.39 is 81.1 Å². The van der Waals surface area contributed by atoms with Crippen molar-refractivity contribution in [2.75, 3.05) is 6.61 Å². The quantitative estimate of drug-likeness (QED) is 0.234. The monoisotopic (exact) mass is 564 g/mol. The van der Waals surface area contributed by atoms with Crippen LogP contribution in [0.25, 0.3) is 0 Å². The zero-order chi connectivity index (χ0) is 28.3. The number of hydrogen-bond donors (Lipinski definition) is 2. The molecule has 2 aliphatic heterocycles. The van der Waals surface area contributed by atoms with E-state index in [1.165, 1.54) is 31.2 Å². The van der Waals surface area contributed by atoms with Crippen LogP contribution < -0.4 is 9.61 Å². The Kier molecular flexibility index (Phi) is 9.37. The van der Waals surface area contributed by atoms with Crippen molar-refractivity contribution in [2.45, 2.75) is 69.9 Å². The smallest absolute Gasteiger partial charge is 0.459 e. The average Bonchev–Trinajstić information content (AvgIpc) is 3.09. The number of carbonyl (C=O) groups excluding carboxylic acids is 3. The molecule has 1 aromatic rings. The molecule has 210 valence electrons. The fraction of sp³-hybridized carbons (Fsp3) is 0.522. The summed E-state index contributed by atoms with van der Waals surface area (Å²) in [6.07, 6.45) is -10.1. The zero-order valence-corrected chi connectivity index (χ0v) is 21.6. The molecule has 1 amide bonds. The highest BCUT2D eigenvalue weighted by Crippen LogP contribution is 2.48. The van der Waals surface area contributed by atoms with Crippen LogP contribution in [-0.2, 0) is 32.9 Å². The molecule has 0 spiro atoms. The summed E-state index contributed by atoms with van der Waals surface area (Å²) in [5, 5.41) is 12.7. The molecule has 1 unspecified atom stereocenters. The predicted octanol–water partition coefficient (Wildman–Crippen LogP) is 2.49. The normalized spacial score (nSPS) is 28.0. The number of hydrogen-bond acceptors (Lipinski definition) is 9. The van der Waals surface area contributed by atoms with Gasteiger partial charge in [-0.2, -0.15) is 5.09 Å². The number of ether oxygens (including phenoxy) is 2. The van der Waals surface area contributed by atoms with Gasteiger partial charge in [-0.1, -0.05) is 18.2 Å². The first-order valence-electron chi connectivity index (χ1n) is 11.6. The van der Waals surface area contributed by atoms with E-state index in [4.69, 9.17) is 18.5 Å². The molecule has 1 aromatic carbocycles. The van der Waals surface area contributed by atoms with Gasteiger partial charge in [0.1, 0.15) is 17.9 Å². The molecule has 0 radical (unpaired) electrons. The highest BCUT2D eigenvalue weighted by Gasteiger charge is 2.63. The summed E-state index contributed by atoms with van der Waals surface area (Å²) in [5.74, 6) is -2.39. The second-order valence-corrected chi connectivity index (χ2v) is 10.6. The van der Waals surface area contributed by atoms with Crippen molar-refractivity contribution in [3.8, 4) is 5.75 Å². The summed E-state index contributed by atoms with van der Waals surface area (Å²) in [4.78, 5) is 36.5. The van der Waals surface area contributed by atoms with Crippen LogP contribution >= 0.6 is 7.75 Å². The Balaban J connectivity index is 1.87. The minimum Gasteiger partial charge on any atom is -0.462 e. The third-order valence-electron chi connectivity index (χ3n) is 5.58. The number of halogens is 3. The van der Waals surface area contributed by atoms with E-state index in [0.717, 1.165) is 12.3 Å². The van der Waals surface area contributed by atoms with E-state index in [0.29, 0.717) is 4.90 Å². The van der Waals surface area contributed by atoms with Crippen molar-refractivity contribution in [1.29, 1.82) is 0 Å². The standard InChI is InChI=1S/C23H28F3N2O9P/c1-13(2)35-21(32)14(3)27-38(33,37-16-7-5-4-6-8-16)34-12-23(22(25)26)19(31)18(24)20(36-23)28-10-9-15(29)11-17(28)30/h4-10,13-14,18-20,22,31H,11-12H2,1-3H3,(H,27,33)/t14-,18-,19-,20+,23+,38?/m0/s1. The molecule has 0 saturated carbocycles. The molecule has 1 saturated heterocycles. The van der Waals surface area contributed by atoms with E-state index in [1.54, 1.807) is 19.9 Å². The molecule has 15 heteroatoms. The number of aliphatic hydroxyl groups excluding tert-OH is 1. The van der Waals surface area contributed by atoms with Crippen LogP contribution in [0, 0.1) is 0 Å². The number of alkyl halides is 3. The number of rotatable bonds is 11. The molecule has 2 aliphatic rings. The first-order valence-corrected chi connectivity index (χ1v) is 13.1. The van der Waals surface area contributed by atoms with Crippen molar-refractivity contribution in [3.05, 3.63) is 42.6 Å². The zero-order valence-electron chi connectivity index (χ0n) is 20.7. The Bertz CT molecular complexity index is 1110. The molecule has 3 rings (SSSR count). The molecule has 11 nitrogen and oxygen atoms in total. The maximum atomic E-state index is 15.0. The fourth-order valence-corrected chi connectivity index (χ4v) is 5.18. The molecule has 38 heavy (non-hydrogen) atoms. The van der Waals surface area contributed by atoms with Crippen molar-refractivity contribution in [3.63, 3.8) is 0 Å². The molecule has 2 N–H and O–H groups in total. The topological polar surface area (TPSA) is 141 Å². The maximum absolute atomic E-state index is 15.0. The number of para-hydroxylation sites is 1. The van der Waals surface area contributed by atoms with Crippen LogP contribution in [0.1, 0.15) is 27.2 Å². The lowest BCUT2D eigenvalue weighted by atomic mass is 9.97. The van der Waals surface area contributed by atoms with Crippen LogP contribution in [0.3, 0.4) is 0 Å². The van der Waals surface area contributed by atoms with Gasteiger partial charge < -0.3 is 19.1 Å². The van der Waals surface area contributed by atoms with Crippen LogP contribution in [0.15, 0.2) is 42.6 Å². The fourth-order valence-electron chi connectivity index (χ4n) is 3.65. The number of nitrogens with one attached hydrogen (secondary N) is 1. The van der Waals surface area contributed by atoms with Gasteiger partial charge in [-0.05, 0) is 39.0 Å². The van der Waals surface area contributed by atoms with E-state index in [-0.39, 0.29) is 5.75 Å². The second-order valence-electron chi connectivity index (χ2n) is 8.92. The molecular weight excluding hydrogens is 536 g/mol. The summed E-state index contributed by atoms with van der Waals surface area (Å²) in [7, 11) is -4.68. The first kappa shape index (κ1) is 29.8. The number of amides is 1. The minimum atomic E-state index is -4.68. The van der Waals surface area contributed by atoms with Crippen molar-refractivity contribution < 1.29 is 55.7 Å². The Morgan fingerprint density at radius 2 is 1.92 bits per heavy atom. The average molecular weight is 564 g/mol. The van der Waals surface area contributed by atoms with E-state index in [2.05, 4.69) is 5.09 Å². The summed E-state index contributed by atoms with van der Waals surface area (Å²) in [6.45, 7) is 3.04. The molecule has 1 fully saturated rings. The summed E-state index contributed by atoms with van der Waals surface area (Å²) in [6, 6.07) is 6.11. The Morgan fingerprint density at radius 1 is 1.26 bits per heavy atom. The van der Waals surface area contributed by atoms with E-state index in [9.17, 15) is 32.8 Å². The van der Waals surface area contributed by atoms with Crippen LogP contribution in [0.5, 0.6) is 5.75 Å². The van der Waals surface area contributed by atoms with Gasteiger partial charge in [-0.15, -0.1) is 0 Å². The van der Waals surface area contributed by atoms with Gasteiger partial charge in [0.05, 0.1) is 19.1 Å². The number of nitrogens with zero attached hydrogens (tertiary/aromatic N) is 1. The summed E-state index contributed by atoms with van der Waals surface area (Å²) >= 11 is 0. The lowest BCUT2D eigenvalue weighted by Gasteiger charge is -2.33. The van der Waals surface area contributed by atoms with Gasteiger partial charge in [-0.25, -0.2) is 17.7 Å². The van der Waals surface area contributed by atoms with Gasteiger partial charge in [0.25, 0.3) is 6.43 Å². The number of ketones is 1. The Morgan fingerprint density at radius 3 is 2.50 bits per heavy atom. The lowest BCUT2D eigenvalue weighted by molar-refractivity contribution is -0.199. The van der Waals surface area contributed by atoms with Gasteiger partial charge >= 0.3 is 13.7 Å². The summed E-state index contributed by atoms with van der Waals surface area (Å²) < 4.78 is 78.1. The maximum Gasteiger partial charge on any atom is 0.459 e. The highest BCUT2D eigenvalue weighted by atomic mass is 31.2. The number of carbonyl (C=O) groups is 3. The third kappa shape index (κ3) is 6.62. The molecule has 6 atom stereocenters. The molecular formula is C23H28F3N2O9P. The van der Waals surface area contributed by atoms with Gasteiger partial charge in [0.2, 0.25) is 5.91 Å². The second kappa shape index (κ2) is 12.0. The number of esters is 1. The number of aliphatic hydroxyl groups is 1. The molecule has 0 bridgehead atoms. The Labute approximate surface area is 216 Å². The molecule has 0 aliphatic carbocycles. The van der Waals surface area contributed by atoms with Crippen molar-refractivity contribution in [1.82, 2.24) is 9.99 Å². The number of benzene rings is 1. The first-order chi connectivity index (χ1) is 17.8. The Hall–Kier alpha value is -2.77. The van der Waals surface area contributed by atoms with Crippen molar-refractivity contribution >= 4 is 25.4 Å². The van der Waals surface area contributed by atoms with Gasteiger partial charge in [0.15, 0.2) is 23.8 Å². The molecule has 0 aromatic heterocycles. The minimum absolute atomic E-state index is 0.0262. The van der Waals surface area contributed by atoms with E-state index >= 15 is 4.39 Å². The van der Waals surface area contributed by atoms with Crippen LogP contribution in [-0.4, -0.2) is 76.9 Å². The lowest BCUT2D eigenvalue weighted by Crippen LogP contribution is -2.52. The van der Waals surface area contributed by atoms with Crippen LogP contribution in [0.4, 0.5) is 13.2 Å². The predicted molar refractivity (Wildman–Crippen MR) is 125 cm³/mol. The van der Waals surface area contributed by atoms with Crippen molar-refractivity contribution in [2.24, 2.45) is 0 Å². The molecule has 2 heterocycles. The highest BCUT2D eigenvalue weighted by molar-refractivity contribution is 7.52. The number of allylic oxidation sites excluding steroid dienone is 1. The third-order valence-corrected chi connectivity index (χ3v) is 7.20. The van der Waals surface area contributed by atoms with Gasteiger partial charge in [-0.3, -0.25) is 23.8 Å². The summed E-state index contributed by atoms with van der Waals surface area (Å²) in [5.41, 5.74) is -3.10. The van der Waals surface area contributed by atoms with Gasteiger partial charge in [0, 0.05) is 6.20 Å². The van der Waals surface area contributed by atoms with E-state index in [1.807, 2.05) is 0 Å².